The van der Waals surface area contributed by atoms with Gasteiger partial charge in [-0.25, -0.2) is 0 Å². The predicted octanol–water partition coefficient (Wildman–Crippen LogP) is 2.41. The van der Waals surface area contributed by atoms with Gasteiger partial charge in [-0.15, -0.1) is 0 Å². The summed E-state index contributed by atoms with van der Waals surface area (Å²) in [4.78, 5) is 37.1. The van der Waals surface area contributed by atoms with Gasteiger partial charge in [-0.1, -0.05) is 20.8 Å². The number of ketones is 1. The minimum atomic E-state index is -0.152. The average Bonchev–Trinajstić information content (AvgIpc) is 2.65. The summed E-state index contributed by atoms with van der Waals surface area (Å²) in [6, 6.07) is 0. The summed E-state index contributed by atoms with van der Waals surface area (Å²) in [7, 11) is 0. The molecule has 1 aliphatic carbocycles. The van der Waals surface area contributed by atoms with Crippen molar-refractivity contribution in [3.8, 4) is 0 Å². The summed E-state index contributed by atoms with van der Waals surface area (Å²) in [5.41, 5.74) is 0. The van der Waals surface area contributed by atoms with Gasteiger partial charge in [0, 0.05) is 30.7 Å². The topological polar surface area (TPSA) is 54.5 Å². The van der Waals surface area contributed by atoms with Crippen LogP contribution in [-0.4, -0.2) is 29.0 Å². The zero-order chi connectivity index (χ0) is 14.9. The Bertz CT molecular complexity index is 408. The van der Waals surface area contributed by atoms with Crippen molar-refractivity contribution in [2.45, 2.75) is 52.9 Å². The molecule has 1 aliphatic heterocycles. The van der Waals surface area contributed by atoms with Crippen molar-refractivity contribution in [2.75, 3.05) is 6.54 Å². The molecular formula is C16H25NO3. The zero-order valence-electron chi connectivity index (χ0n) is 12.7. The summed E-state index contributed by atoms with van der Waals surface area (Å²) in [5, 5.41) is 0. The Hall–Kier alpha value is -1.19. The highest BCUT2D eigenvalue weighted by atomic mass is 16.2. The number of carbonyl (C=O) groups excluding carboxylic acids is 3. The second kappa shape index (κ2) is 6.06. The fourth-order valence-corrected chi connectivity index (χ4v) is 3.40. The van der Waals surface area contributed by atoms with Crippen molar-refractivity contribution >= 4 is 17.6 Å². The van der Waals surface area contributed by atoms with Crippen molar-refractivity contribution < 1.29 is 14.4 Å². The number of rotatable bonds is 4. The molecule has 0 radical (unpaired) electrons. The largest absolute Gasteiger partial charge is 0.299 e. The van der Waals surface area contributed by atoms with Crippen LogP contribution in [0.5, 0.6) is 0 Å². The van der Waals surface area contributed by atoms with Crippen LogP contribution in [-0.2, 0) is 14.4 Å². The summed E-state index contributed by atoms with van der Waals surface area (Å²) in [5.74, 6) is 0.851. The number of amides is 2. The highest BCUT2D eigenvalue weighted by Gasteiger charge is 2.37. The van der Waals surface area contributed by atoms with E-state index in [2.05, 4.69) is 0 Å². The molecule has 112 valence electrons. The van der Waals surface area contributed by atoms with Gasteiger partial charge in [-0.3, -0.25) is 19.3 Å². The number of hydrogen-bond donors (Lipinski definition) is 0. The van der Waals surface area contributed by atoms with Crippen LogP contribution in [0.1, 0.15) is 52.9 Å². The molecule has 0 aromatic heterocycles. The van der Waals surface area contributed by atoms with E-state index in [0.717, 1.165) is 25.7 Å². The Morgan fingerprint density at radius 1 is 1.20 bits per heavy atom. The smallest absolute Gasteiger partial charge is 0.232 e. The van der Waals surface area contributed by atoms with Gasteiger partial charge in [0.1, 0.15) is 5.78 Å². The molecule has 0 N–H and O–H groups in total. The first-order valence-corrected chi connectivity index (χ1v) is 7.78. The van der Waals surface area contributed by atoms with Crippen molar-refractivity contribution in [1.29, 1.82) is 0 Å². The first-order valence-electron chi connectivity index (χ1n) is 7.78. The minimum absolute atomic E-state index is 0.0182. The predicted molar refractivity (Wildman–Crippen MR) is 75.8 cm³/mol. The highest BCUT2D eigenvalue weighted by Crippen LogP contribution is 2.32. The standard InChI is InChI=1S/C16H25NO3/c1-10(2)15(19)13-6-4-12(5-7-13)9-17-14(18)8-11(3)16(17)20/h10-13H,4-9H2,1-3H3/t11-,12-,13-/m0/s1. The van der Waals surface area contributed by atoms with E-state index < -0.39 is 0 Å². The summed E-state index contributed by atoms with van der Waals surface area (Å²) < 4.78 is 0. The second-order valence-electron chi connectivity index (χ2n) is 6.72. The van der Waals surface area contributed by atoms with Gasteiger partial charge in [-0.2, -0.15) is 0 Å². The third kappa shape index (κ3) is 3.10. The molecule has 2 aliphatic rings. The molecule has 2 rings (SSSR count). The van der Waals surface area contributed by atoms with Gasteiger partial charge < -0.3 is 0 Å². The Labute approximate surface area is 120 Å². The Balaban J connectivity index is 1.84. The molecule has 0 aromatic carbocycles. The lowest BCUT2D eigenvalue weighted by molar-refractivity contribution is -0.140. The molecule has 2 fully saturated rings. The molecule has 4 nitrogen and oxygen atoms in total. The number of hydrogen-bond acceptors (Lipinski definition) is 3. The van der Waals surface area contributed by atoms with Crippen molar-refractivity contribution in [1.82, 2.24) is 4.90 Å². The molecule has 1 atom stereocenters. The third-order valence-corrected chi connectivity index (χ3v) is 4.73. The lowest BCUT2D eigenvalue weighted by atomic mass is 9.77. The number of likely N-dealkylation sites (tertiary alicyclic amines) is 1. The number of nitrogens with zero attached hydrogens (tertiary/aromatic N) is 1. The second-order valence-corrected chi connectivity index (χ2v) is 6.72. The van der Waals surface area contributed by atoms with Crippen LogP contribution < -0.4 is 0 Å². The van der Waals surface area contributed by atoms with Gasteiger partial charge in [-0.05, 0) is 31.6 Å². The van der Waals surface area contributed by atoms with Crippen LogP contribution in [0, 0.1) is 23.7 Å². The van der Waals surface area contributed by atoms with Crippen LogP contribution in [0.3, 0.4) is 0 Å². The van der Waals surface area contributed by atoms with Crippen molar-refractivity contribution in [3.63, 3.8) is 0 Å². The van der Waals surface area contributed by atoms with Gasteiger partial charge in [0.05, 0.1) is 0 Å². The van der Waals surface area contributed by atoms with Crippen LogP contribution in [0.15, 0.2) is 0 Å². The number of carbonyl (C=O) groups is 3. The molecule has 1 saturated carbocycles. The van der Waals surface area contributed by atoms with E-state index in [1.807, 2.05) is 20.8 Å². The summed E-state index contributed by atoms with van der Waals surface area (Å²) in [6.45, 7) is 6.29. The van der Waals surface area contributed by atoms with Gasteiger partial charge >= 0.3 is 0 Å². The van der Waals surface area contributed by atoms with Crippen LogP contribution in [0.25, 0.3) is 0 Å². The molecular weight excluding hydrogens is 254 g/mol. The molecule has 1 saturated heterocycles. The Morgan fingerprint density at radius 3 is 2.25 bits per heavy atom. The molecule has 2 amide bonds. The van der Waals surface area contributed by atoms with E-state index in [4.69, 9.17) is 0 Å². The van der Waals surface area contributed by atoms with Gasteiger partial charge in [0.2, 0.25) is 11.8 Å². The Morgan fingerprint density at radius 2 is 1.80 bits per heavy atom. The quantitative estimate of drug-likeness (QED) is 0.743. The van der Waals surface area contributed by atoms with Crippen LogP contribution >= 0.6 is 0 Å². The molecule has 20 heavy (non-hydrogen) atoms. The van der Waals surface area contributed by atoms with Crippen molar-refractivity contribution in [3.05, 3.63) is 0 Å². The first kappa shape index (κ1) is 15.2. The normalized spacial score (nSPS) is 31.2. The number of Topliss-reactive ketones (excluding diaryl/α,β-unsaturated/α-hetero) is 1. The molecule has 1 heterocycles. The molecule has 0 unspecified atom stereocenters. The van der Waals surface area contributed by atoms with Crippen LogP contribution in [0.2, 0.25) is 0 Å². The molecule has 0 bridgehead atoms. The minimum Gasteiger partial charge on any atom is -0.299 e. The zero-order valence-corrected chi connectivity index (χ0v) is 12.7. The SMILES string of the molecule is CC(C)C(=O)[C@H]1CC[C@H](CN2C(=O)C[C@H](C)C2=O)CC1. The summed E-state index contributed by atoms with van der Waals surface area (Å²) >= 11 is 0. The molecule has 0 spiro atoms. The maximum absolute atomic E-state index is 12.0. The van der Waals surface area contributed by atoms with E-state index in [-0.39, 0.29) is 29.6 Å². The fraction of sp³-hybridized carbons (Fsp3) is 0.812. The monoisotopic (exact) mass is 279 g/mol. The van der Waals surface area contributed by atoms with Crippen molar-refractivity contribution in [2.24, 2.45) is 23.7 Å². The van der Waals surface area contributed by atoms with Crippen LogP contribution in [0.4, 0.5) is 0 Å². The molecule has 0 aromatic rings. The van der Waals surface area contributed by atoms with Gasteiger partial charge in [0.25, 0.3) is 0 Å². The third-order valence-electron chi connectivity index (χ3n) is 4.73. The van der Waals surface area contributed by atoms with E-state index >= 15 is 0 Å². The lowest BCUT2D eigenvalue weighted by Gasteiger charge is -2.30. The van der Waals surface area contributed by atoms with Gasteiger partial charge in [0.15, 0.2) is 0 Å². The molecule has 4 heteroatoms. The first-order chi connectivity index (χ1) is 9.40. The average molecular weight is 279 g/mol. The maximum Gasteiger partial charge on any atom is 0.232 e. The fourth-order valence-electron chi connectivity index (χ4n) is 3.40. The lowest BCUT2D eigenvalue weighted by Crippen LogP contribution is -2.37. The van der Waals surface area contributed by atoms with E-state index in [1.165, 1.54) is 4.90 Å². The van der Waals surface area contributed by atoms with E-state index in [0.29, 0.717) is 24.7 Å². The highest BCUT2D eigenvalue weighted by molar-refractivity contribution is 6.03. The maximum atomic E-state index is 12.0. The summed E-state index contributed by atoms with van der Waals surface area (Å²) in [6.07, 6.45) is 4.09. The van der Waals surface area contributed by atoms with E-state index in [1.54, 1.807) is 0 Å². The number of imide groups is 1. The van der Waals surface area contributed by atoms with E-state index in [9.17, 15) is 14.4 Å². The Kier molecular flexibility index (Phi) is 4.61.